The van der Waals surface area contributed by atoms with Crippen molar-refractivity contribution in [3.8, 4) is 0 Å². The molecule has 1 N–H and O–H groups in total. The lowest BCUT2D eigenvalue weighted by Gasteiger charge is -2.32. The van der Waals surface area contributed by atoms with E-state index in [1.54, 1.807) is 6.07 Å². The fourth-order valence-electron chi connectivity index (χ4n) is 2.15. The molecule has 14 heavy (non-hydrogen) atoms. The molecule has 74 valence electrons. The highest BCUT2D eigenvalue weighted by Crippen LogP contribution is 2.35. The van der Waals surface area contributed by atoms with Crippen molar-refractivity contribution in [1.82, 2.24) is 5.32 Å². The Balaban J connectivity index is 1.93. The Hall–Kier alpha value is -0.930. The molecule has 1 saturated heterocycles. The number of fused-ring (bicyclic) bond motifs is 1. The van der Waals surface area contributed by atoms with Gasteiger partial charge in [-0.15, -0.1) is 0 Å². The molecule has 0 bridgehead atoms. The van der Waals surface area contributed by atoms with Crippen molar-refractivity contribution in [2.24, 2.45) is 0 Å². The van der Waals surface area contributed by atoms with Crippen LogP contribution in [0.3, 0.4) is 0 Å². The van der Waals surface area contributed by atoms with Gasteiger partial charge < -0.3 is 10.1 Å². The highest BCUT2D eigenvalue weighted by molar-refractivity contribution is 5.33. The predicted molar refractivity (Wildman–Crippen MR) is 50.3 cm³/mol. The van der Waals surface area contributed by atoms with Gasteiger partial charge in [0.2, 0.25) is 0 Å². The summed E-state index contributed by atoms with van der Waals surface area (Å²) in [6.45, 7) is 1.62. The maximum Gasteiger partial charge on any atom is 0.123 e. The van der Waals surface area contributed by atoms with Crippen LogP contribution in [0, 0.1) is 5.82 Å². The van der Waals surface area contributed by atoms with E-state index in [1.807, 2.05) is 6.07 Å². The first-order valence-corrected chi connectivity index (χ1v) is 4.98. The maximum absolute atomic E-state index is 12.9. The predicted octanol–water partition coefficient (Wildman–Crippen LogP) is 1.76. The Morgan fingerprint density at radius 3 is 3.00 bits per heavy atom. The van der Waals surface area contributed by atoms with E-state index in [9.17, 15) is 4.39 Å². The van der Waals surface area contributed by atoms with Gasteiger partial charge in [0.1, 0.15) is 5.82 Å². The molecule has 0 saturated carbocycles. The molecule has 2 aliphatic heterocycles. The molecule has 0 radical (unpaired) electrons. The molecule has 3 rings (SSSR count). The van der Waals surface area contributed by atoms with Gasteiger partial charge in [0.05, 0.1) is 12.7 Å². The molecule has 1 aromatic carbocycles. The van der Waals surface area contributed by atoms with E-state index in [4.69, 9.17) is 4.74 Å². The molecule has 1 fully saturated rings. The van der Waals surface area contributed by atoms with Gasteiger partial charge in [0, 0.05) is 6.04 Å². The van der Waals surface area contributed by atoms with Crippen LogP contribution in [-0.4, -0.2) is 12.6 Å². The lowest BCUT2D eigenvalue weighted by molar-refractivity contribution is 0.0193. The third-order valence-electron chi connectivity index (χ3n) is 3.06. The number of nitrogens with one attached hydrogen (secondary N) is 1. The van der Waals surface area contributed by atoms with E-state index >= 15 is 0 Å². The van der Waals surface area contributed by atoms with Crippen LogP contribution >= 0.6 is 0 Å². The molecular formula is C11H12FNO. The molecule has 0 aromatic heterocycles. The van der Waals surface area contributed by atoms with E-state index in [0.29, 0.717) is 12.6 Å². The highest BCUT2D eigenvalue weighted by Gasteiger charge is 2.33. The zero-order chi connectivity index (χ0) is 9.54. The Labute approximate surface area is 82.1 Å². The molecule has 2 aliphatic rings. The summed E-state index contributed by atoms with van der Waals surface area (Å²) in [7, 11) is 0. The van der Waals surface area contributed by atoms with Gasteiger partial charge in [0.15, 0.2) is 0 Å². The summed E-state index contributed by atoms with van der Waals surface area (Å²) in [5.74, 6) is -0.172. The molecule has 0 amide bonds. The van der Waals surface area contributed by atoms with Gasteiger partial charge in [-0.1, -0.05) is 6.07 Å². The summed E-state index contributed by atoms with van der Waals surface area (Å²) < 4.78 is 18.6. The normalized spacial score (nSPS) is 29.8. The monoisotopic (exact) mass is 193 g/mol. The number of rotatable bonds is 1. The van der Waals surface area contributed by atoms with Gasteiger partial charge in [-0.3, -0.25) is 0 Å². The molecule has 2 nitrogen and oxygen atoms in total. The number of benzene rings is 1. The zero-order valence-electron chi connectivity index (χ0n) is 7.79. The fourth-order valence-corrected chi connectivity index (χ4v) is 2.15. The molecular weight excluding hydrogens is 181 g/mol. The minimum absolute atomic E-state index is 0.138. The van der Waals surface area contributed by atoms with E-state index < -0.39 is 0 Å². The molecule has 0 unspecified atom stereocenters. The van der Waals surface area contributed by atoms with E-state index in [2.05, 4.69) is 5.32 Å². The maximum atomic E-state index is 12.9. The summed E-state index contributed by atoms with van der Waals surface area (Å²) in [5, 5.41) is 3.32. The Morgan fingerprint density at radius 1 is 1.43 bits per heavy atom. The summed E-state index contributed by atoms with van der Waals surface area (Å²) in [5.41, 5.74) is 2.16. The van der Waals surface area contributed by atoms with Crippen LogP contribution < -0.4 is 5.32 Å². The average molecular weight is 193 g/mol. The Morgan fingerprint density at radius 2 is 2.29 bits per heavy atom. The second kappa shape index (κ2) is 3.04. The summed E-state index contributed by atoms with van der Waals surface area (Å²) in [4.78, 5) is 0. The Bertz CT molecular complexity index is 362. The SMILES string of the molecule is Fc1ccc2c(c1)CO[C@@H]2[C@H]1CCN1. The van der Waals surface area contributed by atoms with Crippen molar-refractivity contribution >= 4 is 0 Å². The van der Waals surface area contributed by atoms with E-state index in [1.165, 1.54) is 6.07 Å². The van der Waals surface area contributed by atoms with Crippen LogP contribution in [0.15, 0.2) is 18.2 Å². The smallest absolute Gasteiger partial charge is 0.123 e. The average Bonchev–Trinajstić information content (AvgIpc) is 2.45. The van der Waals surface area contributed by atoms with Crippen molar-refractivity contribution in [2.45, 2.75) is 25.2 Å². The van der Waals surface area contributed by atoms with Gasteiger partial charge in [-0.25, -0.2) is 4.39 Å². The molecule has 3 heteroatoms. The van der Waals surface area contributed by atoms with Crippen LogP contribution in [-0.2, 0) is 11.3 Å². The van der Waals surface area contributed by atoms with Gasteiger partial charge in [-0.2, -0.15) is 0 Å². The van der Waals surface area contributed by atoms with Crippen LogP contribution in [0.2, 0.25) is 0 Å². The van der Waals surface area contributed by atoms with Gasteiger partial charge >= 0.3 is 0 Å². The first-order valence-electron chi connectivity index (χ1n) is 4.98. The molecule has 0 spiro atoms. The highest BCUT2D eigenvalue weighted by atomic mass is 19.1. The van der Waals surface area contributed by atoms with Crippen molar-refractivity contribution in [1.29, 1.82) is 0 Å². The lowest BCUT2D eigenvalue weighted by atomic mass is 9.94. The number of hydrogen-bond donors (Lipinski definition) is 1. The van der Waals surface area contributed by atoms with Gasteiger partial charge in [0.25, 0.3) is 0 Å². The molecule has 2 atom stereocenters. The van der Waals surface area contributed by atoms with Crippen molar-refractivity contribution in [2.75, 3.05) is 6.54 Å². The molecule has 0 aliphatic carbocycles. The van der Waals surface area contributed by atoms with Crippen LogP contribution in [0.5, 0.6) is 0 Å². The standard InChI is InChI=1S/C11H12FNO/c12-8-1-2-9-7(5-8)6-14-11(9)10-3-4-13-10/h1-2,5,10-11,13H,3-4,6H2/t10-,11+/m1/s1. The van der Waals surface area contributed by atoms with Crippen molar-refractivity contribution < 1.29 is 9.13 Å². The minimum Gasteiger partial charge on any atom is -0.367 e. The quantitative estimate of drug-likeness (QED) is 0.733. The summed E-state index contributed by atoms with van der Waals surface area (Å²) in [6, 6.07) is 5.37. The number of hydrogen-bond acceptors (Lipinski definition) is 2. The summed E-state index contributed by atoms with van der Waals surface area (Å²) in [6.07, 6.45) is 1.29. The zero-order valence-corrected chi connectivity index (χ0v) is 7.79. The topological polar surface area (TPSA) is 21.3 Å². The second-order valence-electron chi connectivity index (χ2n) is 3.92. The minimum atomic E-state index is -0.172. The van der Waals surface area contributed by atoms with Crippen LogP contribution in [0.25, 0.3) is 0 Å². The molecule has 2 heterocycles. The first-order chi connectivity index (χ1) is 6.84. The largest absolute Gasteiger partial charge is 0.367 e. The third kappa shape index (κ3) is 1.16. The van der Waals surface area contributed by atoms with E-state index in [-0.39, 0.29) is 11.9 Å². The van der Waals surface area contributed by atoms with Crippen molar-refractivity contribution in [3.05, 3.63) is 35.1 Å². The summed E-state index contributed by atoms with van der Waals surface area (Å²) >= 11 is 0. The van der Waals surface area contributed by atoms with Crippen LogP contribution in [0.1, 0.15) is 23.7 Å². The number of halogens is 1. The van der Waals surface area contributed by atoms with Crippen LogP contribution in [0.4, 0.5) is 4.39 Å². The first kappa shape index (κ1) is 8.38. The van der Waals surface area contributed by atoms with Gasteiger partial charge in [-0.05, 0) is 36.2 Å². The number of ether oxygens (including phenoxy) is 1. The molecule has 1 aromatic rings. The second-order valence-corrected chi connectivity index (χ2v) is 3.92. The third-order valence-corrected chi connectivity index (χ3v) is 3.06. The lowest BCUT2D eigenvalue weighted by Crippen LogP contribution is -2.46. The fraction of sp³-hybridized carbons (Fsp3) is 0.455. The van der Waals surface area contributed by atoms with E-state index in [0.717, 1.165) is 24.1 Å². The Kier molecular flexibility index (Phi) is 1.82. The van der Waals surface area contributed by atoms with Crippen molar-refractivity contribution in [3.63, 3.8) is 0 Å².